The van der Waals surface area contributed by atoms with Gasteiger partial charge in [0.15, 0.2) is 17.2 Å². The fraction of sp³-hybridized carbons (Fsp3) is 0.500. The van der Waals surface area contributed by atoms with Crippen LogP contribution in [0.15, 0.2) is 40.8 Å². The van der Waals surface area contributed by atoms with Crippen molar-refractivity contribution in [2.75, 3.05) is 6.54 Å². The number of urea groups is 1. The molecule has 8 rings (SSSR count). The van der Waals surface area contributed by atoms with E-state index in [1.54, 1.807) is 12.1 Å². The first-order valence-electron chi connectivity index (χ1n) is 12.9. The molecule has 182 valence electrons. The molecule has 2 aromatic carbocycles. The van der Waals surface area contributed by atoms with Crippen LogP contribution in [0.25, 0.3) is 22.2 Å². The largest absolute Gasteiger partial charge is 0.438 e. The number of fused-ring (bicyclic) bond motifs is 1. The van der Waals surface area contributed by atoms with Gasteiger partial charge in [-0.1, -0.05) is 12.1 Å². The number of hydrogen-bond donors (Lipinski definition) is 1. The number of carbonyl (C=O) groups excluding carboxylic acids is 1. The summed E-state index contributed by atoms with van der Waals surface area (Å²) in [5, 5.41) is 3.49. The van der Waals surface area contributed by atoms with E-state index in [4.69, 9.17) is 9.40 Å². The Balaban J connectivity index is 1.13. The Morgan fingerprint density at radius 1 is 0.971 bits per heavy atom. The Hall–Kier alpha value is -2.96. The van der Waals surface area contributed by atoms with Crippen LogP contribution in [-0.2, 0) is 0 Å². The van der Waals surface area contributed by atoms with Crippen LogP contribution in [-0.4, -0.2) is 28.0 Å². The van der Waals surface area contributed by atoms with E-state index in [2.05, 4.69) is 5.32 Å². The van der Waals surface area contributed by atoms with Crippen molar-refractivity contribution in [3.8, 4) is 11.1 Å². The third kappa shape index (κ3) is 3.62. The molecule has 1 aliphatic heterocycles. The van der Waals surface area contributed by atoms with Gasteiger partial charge >= 0.3 is 6.03 Å². The lowest BCUT2D eigenvalue weighted by Crippen LogP contribution is -2.61. The zero-order chi connectivity index (χ0) is 23.7. The maximum atomic E-state index is 13.7. The standard InChI is InChI=1S/C28H29F2N3O2/c29-21-5-3-19(11-22(21)30)20-4-6-25-23(12-20)31-26(35-25)24-2-1-7-33(24)27(34)32-28-13-16-8-17(14-28)10-18(9-16)15-28/h3-6,11-12,16-18,24H,1-2,7-10,13-15H2,(H,32,34). The van der Waals surface area contributed by atoms with Gasteiger partial charge in [0.05, 0.1) is 0 Å². The van der Waals surface area contributed by atoms with E-state index in [1.807, 2.05) is 17.0 Å². The molecule has 7 heteroatoms. The lowest BCUT2D eigenvalue weighted by Gasteiger charge is -2.57. The summed E-state index contributed by atoms with van der Waals surface area (Å²) in [6.45, 7) is 0.696. The van der Waals surface area contributed by atoms with Gasteiger partial charge in [-0.05, 0) is 105 Å². The van der Waals surface area contributed by atoms with Gasteiger partial charge in [-0.15, -0.1) is 0 Å². The molecule has 1 unspecified atom stereocenters. The molecule has 5 fully saturated rings. The normalized spacial score (nSPS) is 31.4. The summed E-state index contributed by atoms with van der Waals surface area (Å²) in [6.07, 6.45) is 9.14. The maximum absolute atomic E-state index is 13.7. The quantitative estimate of drug-likeness (QED) is 0.463. The van der Waals surface area contributed by atoms with Crippen molar-refractivity contribution in [1.82, 2.24) is 15.2 Å². The molecule has 0 spiro atoms. The molecular weight excluding hydrogens is 448 g/mol. The summed E-state index contributed by atoms with van der Waals surface area (Å²) in [4.78, 5) is 20.1. The van der Waals surface area contributed by atoms with Gasteiger partial charge in [0, 0.05) is 12.1 Å². The number of benzene rings is 2. The molecule has 5 aliphatic rings. The number of oxazole rings is 1. The molecule has 3 aromatic rings. The topological polar surface area (TPSA) is 58.4 Å². The van der Waals surface area contributed by atoms with E-state index in [-0.39, 0.29) is 17.6 Å². The fourth-order valence-corrected chi connectivity index (χ4v) is 7.77. The lowest BCUT2D eigenvalue weighted by molar-refractivity contribution is -0.0160. The van der Waals surface area contributed by atoms with Gasteiger partial charge in [0.25, 0.3) is 0 Å². The minimum absolute atomic E-state index is 0.0131. The van der Waals surface area contributed by atoms with Crippen molar-refractivity contribution < 1.29 is 18.0 Å². The highest BCUT2D eigenvalue weighted by molar-refractivity contribution is 5.81. The monoisotopic (exact) mass is 477 g/mol. The van der Waals surface area contributed by atoms with E-state index in [0.717, 1.165) is 61.5 Å². The molecule has 35 heavy (non-hydrogen) atoms. The average Bonchev–Trinajstić information content (AvgIpc) is 3.46. The molecule has 4 saturated carbocycles. The van der Waals surface area contributed by atoms with Gasteiger partial charge in [-0.25, -0.2) is 18.6 Å². The minimum atomic E-state index is -0.880. The first-order chi connectivity index (χ1) is 16.9. The SMILES string of the molecule is O=C(NC12CC3CC(CC(C3)C1)C2)N1CCCC1c1nc2cc(-c3ccc(F)c(F)c3)ccc2o1. The van der Waals surface area contributed by atoms with E-state index >= 15 is 0 Å². The van der Waals surface area contributed by atoms with Crippen LogP contribution in [0.2, 0.25) is 0 Å². The molecule has 4 bridgehead atoms. The Morgan fingerprint density at radius 3 is 2.37 bits per heavy atom. The highest BCUT2D eigenvalue weighted by Gasteiger charge is 2.52. The van der Waals surface area contributed by atoms with Crippen LogP contribution < -0.4 is 5.32 Å². The second kappa shape index (κ2) is 7.77. The summed E-state index contributed by atoms with van der Waals surface area (Å²) in [5.74, 6) is 1.12. The summed E-state index contributed by atoms with van der Waals surface area (Å²) in [6, 6.07) is 9.13. The Labute approximate surface area is 202 Å². The van der Waals surface area contributed by atoms with Gasteiger partial charge in [-0.3, -0.25) is 0 Å². The smallest absolute Gasteiger partial charge is 0.318 e. The summed E-state index contributed by atoms with van der Waals surface area (Å²) >= 11 is 0. The van der Waals surface area contributed by atoms with E-state index in [0.29, 0.717) is 29.1 Å². The van der Waals surface area contributed by atoms with Gasteiger partial charge in [-0.2, -0.15) is 0 Å². The molecule has 4 aliphatic carbocycles. The predicted octanol–water partition coefficient (Wildman–Crippen LogP) is 6.59. The number of nitrogens with zero attached hydrogens (tertiary/aromatic N) is 2. The minimum Gasteiger partial charge on any atom is -0.438 e. The fourth-order valence-electron chi connectivity index (χ4n) is 7.77. The van der Waals surface area contributed by atoms with Crippen LogP contribution in [0.4, 0.5) is 13.6 Å². The van der Waals surface area contributed by atoms with Crippen molar-refractivity contribution in [2.45, 2.75) is 62.9 Å². The van der Waals surface area contributed by atoms with E-state index < -0.39 is 11.6 Å². The van der Waals surface area contributed by atoms with Crippen LogP contribution in [0, 0.1) is 29.4 Å². The Kier molecular flexibility index (Phi) is 4.74. The molecule has 5 nitrogen and oxygen atoms in total. The van der Waals surface area contributed by atoms with Crippen LogP contribution in [0.1, 0.15) is 63.3 Å². The molecule has 2 amide bonds. The Morgan fingerprint density at radius 2 is 1.66 bits per heavy atom. The number of amides is 2. The molecule has 1 atom stereocenters. The second-order valence-electron chi connectivity index (χ2n) is 11.3. The van der Waals surface area contributed by atoms with Crippen molar-refractivity contribution in [2.24, 2.45) is 17.8 Å². The summed E-state index contributed by atoms with van der Waals surface area (Å²) in [7, 11) is 0. The van der Waals surface area contributed by atoms with Gasteiger partial charge < -0.3 is 14.6 Å². The molecule has 1 saturated heterocycles. The molecule has 1 aromatic heterocycles. The van der Waals surface area contributed by atoms with E-state index in [9.17, 15) is 13.6 Å². The molecule has 0 radical (unpaired) electrons. The van der Waals surface area contributed by atoms with Gasteiger partial charge in [0.2, 0.25) is 5.89 Å². The number of nitrogens with one attached hydrogen (secondary N) is 1. The van der Waals surface area contributed by atoms with Crippen molar-refractivity contribution >= 4 is 17.1 Å². The number of carbonyl (C=O) groups is 1. The molecular formula is C28H29F2N3O2. The van der Waals surface area contributed by atoms with Crippen molar-refractivity contribution in [1.29, 1.82) is 0 Å². The molecule has 1 N–H and O–H groups in total. The second-order valence-corrected chi connectivity index (χ2v) is 11.3. The van der Waals surface area contributed by atoms with Crippen LogP contribution in [0.3, 0.4) is 0 Å². The third-order valence-electron chi connectivity index (χ3n) is 8.87. The number of likely N-dealkylation sites (tertiary alicyclic amines) is 1. The van der Waals surface area contributed by atoms with Crippen LogP contribution in [0.5, 0.6) is 0 Å². The predicted molar refractivity (Wildman–Crippen MR) is 127 cm³/mol. The average molecular weight is 478 g/mol. The van der Waals surface area contributed by atoms with Crippen LogP contribution >= 0.6 is 0 Å². The zero-order valence-corrected chi connectivity index (χ0v) is 19.6. The maximum Gasteiger partial charge on any atom is 0.318 e. The van der Waals surface area contributed by atoms with E-state index in [1.165, 1.54) is 25.3 Å². The Bertz CT molecular complexity index is 1280. The van der Waals surface area contributed by atoms with Gasteiger partial charge in [0.1, 0.15) is 11.6 Å². The first kappa shape index (κ1) is 21.3. The van der Waals surface area contributed by atoms with Crippen molar-refractivity contribution in [3.63, 3.8) is 0 Å². The highest BCUT2D eigenvalue weighted by Crippen LogP contribution is 2.55. The lowest BCUT2D eigenvalue weighted by atomic mass is 9.53. The summed E-state index contributed by atoms with van der Waals surface area (Å²) < 4.78 is 33.2. The zero-order valence-electron chi connectivity index (χ0n) is 19.6. The first-order valence-corrected chi connectivity index (χ1v) is 12.9. The highest BCUT2D eigenvalue weighted by atomic mass is 19.2. The number of hydrogen-bond acceptors (Lipinski definition) is 3. The number of halogens is 2. The molecule has 2 heterocycles. The number of aromatic nitrogens is 1. The van der Waals surface area contributed by atoms with Crippen molar-refractivity contribution in [3.05, 3.63) is 53.9 Å². The summed E-state index contributed by atoms with van der Waals surface area (Å²) in [5.41, 5.74) is 2.56. The number of rotatable bonds is 3. The third-order valence-corrected chi connectivity index (χ3v) is 8.87.